The van der Waals surface area contributed by atoms with Crippen molar-refractivity contribution in [1.82, 2.24) is 5.32 Å². The van der Waals surface area contributed by atoms with Crippen LogP contribution in [0.15, 0.2) is 18.2 Å². The first-order valence-electron chi connectivity index (χ1n) is 8.41. The summed E-state index contributed by atoms with van der Waals surface area (Å²) >= 11 is 0. The lowest BCUT2D eigenvalue weighted by Gasteiger charge is -2.30. The second-order valence-corrected chi connectivity index (χ2v) is 6.36. The van der Waals surface area contributed by atoms with Crippen LogP contribution < -0.4 is 10.2 Å². The van der Waals surface area contributed by atoms with Crippen LogP contribution >= 0.6 is 0 Å². The third-order valence-electron chi connectivity index (χ3n) is 4.85. The number of aryl methyl sites for hydroxylation is 1. The van der Waals surface area contributed by atoms with Gasteiger partial charge in [0.2, 0.25) is 5.91 Å². The van der Waals surface area contributed by atoms with Gasteiger partial charge < -0.3 is 10.2 Å². The summed E-state index contributed by atoms with van der Waals surface area (Å²) in [7, 11) is 0. The first-order valence-corrected chi connectivity index (χ1v) is 8.41. The van der Waals surface area contributed by atoms with Gasteiger partial charge in [0.15, 0.2) is 0 Å². The van der Waals surface area contributed by atoms with Gasteiger partial charge in [0.05, 0.1) is 0 Å². The van der Waals surface area contributed by atoms with Gasteiger partial charge in [-0.2, -0.15) is 0 Å². The summed E-state index contributed by atoms with van der Waals surface area (Å²) in [5, 5.41) is 3.43. The zero-order chi connectivity index (χ0) is 14.7. The van der Waals surface area contributed by atoms with E-state index in [0.717, 1.165) is 44.1 Å². The number of anilines is 1. The maximum absolute atomic E-state index is 12.1. The molecule has 0 radical (unpaired) electrons. The highest BCUT2D eigenvalue weighted by Crippen LogP contribution is 2.30. The van der Waals surface area contributed by atoms with Gasteiger partial charge in [-0.15, -0.1) is 0 Å². The first kappa shape index (κ1) is 14.6. The largest absolute Gasteiger partial charge is 0.317 e. The van der Waals surface area contributed by atoms with E-state index in [2.05, 4.69) is 23.5 Å². The maximum atomic E-state index is 12.1. The molecule has 0 spiro atoms. The zero-order valence-electron chi connectivity index (χ0n) is 13.0. The van der Waals surface area contributed by atoms with E-state index < -0.39 is 0 Å². The summed E-state index contributed by atoms with van der Waals surface area (Å²) in [6, 6.07) is 6.77. The van der Waals surface area contributed by atoms with Crippen molar-refractivity contribution in [2.75, 3.05) is 24.5 Å². The number of carbonyl (C=O) groups excluding carboxylic acids is 1. The number of rotatable bonds is 3. The number of fused-ring (bicyclic) bond motifs is 1. The van der Waals surface area contributed by atoms with Crippen LogP contribution in [0.5, 0.6) is 0 Å². The second-order valence-electron chi connectivity index (χ2n) is 6.36. The summed E-state index contributed by atoms with van der Waals surface area (Å²) in [5.74, 6) is 1.07. The van der Waals surface area contributed by atoms with E-state index in [1.54, 1.807) is 0 Å². The van der Waals surface area contributed by atoms with Crippen LogP contribution in [-0.4, -0.2) is 25.5 Å². The third kappa shape index (κ3) is 3.29. The van der Waals surface area contributed by atoms with Gasteiger partial charge in [-0.3, -0.25) is 4.79 Å². The molecule has 1 fully saturated rings. The molecular weight excluding hydrogens is 260 g/mol. The molecule has 1 saturated heterocycles. The normalized spacial score (nSPS) is 19.4. The predicted octanol–water partition coefficient (Wildman–Crippen LogP) is 2.92. The molecule has 2 aliphatic heterocycles. The standard InChI is InChI=1S/C18H26N2O/c1-2-18(21)20-11-3-4-16-13-15(5-6-17(16)20)12-14-7-9-19-10-8-14/h5-6,13-14,19H,2-4,7-12H2,1H3. The van der Waals surface area contributed by atoms with Crippen molar-refractivity contribution in [2.45, 2.75) is 45.4 Å². The minimum atomic E-state index is 0.252. The summed E-state index contributed by atoms with van der Waals surface area (Å²) in [6.45, 7) is 5.15. The van der Waals surface area contributed by atoms with Gasteiger partial charge in [-0.25, -0.2) is 0 Å². The fourth-order valence-electron chi connectivity index (χ4n) is 3.65. The molecule has 0 bridgehead atoms. The molecule has 1 aromatic carbocycles. The minimum Gasteiger partial charge on any atom is -0.317 e. The topological polar surface area (TPSA) is 32.3 Å². The molecule has 0 aromatic heterocycles. The molecule has 2 aliphatic rings. The Balaban J connectivity index is 1.75. The van der Waals surface area contributed by atoms with Crippen LogP contribution in [0.3, 0.4) is 0 Å². The van der Waals surface area contributed by atoms with Crippen LogP contribution in [0.1, 0.15) is 43.7 Å². The Hall–Kier alpha value is -1.35. The molecule has 1 aromatic rings. The average Bonchev–Trinajstić information content (AvgIpc) is 2.54. The third-order valence-corrected chi connectivity index (χ3v) is 4.85. The van der Waals surface area contributed by atoms with Crippen molar-refractivity contribution >= 4 is 11.6 Å². The van der Waals surface area contributed by atoms with Crippen LogP contribution in [-0.2, 0) is 17.6 Å². The van der Waals surface area contributed by atoms with Crippen LogP contribution in [0.2, 0.25) is 0 Å². The van der Waals surface area contributed by atoms with Crippen molar-refractivity contribution in [3.05, 3.63) is 29.3 Å². The van der Waals surface area contributed by atoms with E-state index in [9.17, 15) is 4.79 Å². The number of nitrogens with one attached hydrogen (secondary N) is 1. The van der Waals surface area contributed by atoms with Crippen molar-refractivity contribution in [3.8, 4) is 0 Å². The van der Waals surface area contributed by atoms with Gasteiger partial charge in [0.25, 0.3) is 0 Å². The van der Waals surface area contributed by atoms with Gasteiger partial charge in [-0.05, 0) is 68.3 Å². The van der Waals surface area contributed by atoms with Gasteiger partial charge in [0, 0.05) is 18.7 Å². The Morgan fingerprint density at radius 1 is 1.33 bits per heavy atom. The molecule has 3 heteroatoms. The number of benzene rings is 1. The molecule has 3 rings (SSSR count). The minimum absolute atomic E-state index is 0.252. The fraction of sp³-hybridized carbons (Fsp3) is 0.611. The Kier molecular flexibility index (Phi) is 4.59. The molecule has 1 N–H and O–H groups in total. The van der Waals surface area contributed by atoms with E-state index in [1.165, 1.54) is 30.4 Å². The lowest BCUT2D eigenvalue weighted by Crippen LogP contribution is -2.35. The molecule has 0 saturated carbocycles. The lowest BCUT2D eigenvalue weighted by molar-refractivity contribution is -0.118. The van der Waals surface area contributed by atoms with Gasteiger partial charge in [-0.1, -0.05) is 19.1 Å². The maximum Gasteiger partial charge on any atom is 0.226 e. The van der Waals surface area contributed by atoms with E-state index in [1.807, 2.05) is 11.8 Å². The molecule has 0 aliphatic carbocycles. The Morgan fingerprint density at radius 3 is 2.90 bits per heavy atom. The fourth-order valence-corrected chi connectivity index (χ4v) is 3.65. The van der Waals surface area contributed by atoms with E-state index in [4.69, 9.17) is 0 Å². The summed E-state index contributed by atoms with van der Waals surface area (Å²) < 4.78 is 0. The van der Waals surface area contributed by atoms with Crippen molar-refractivity contribution in [2.24, 2.45) is 5.92 Å². The monoisotopic (exact) mass is 286 g/mol. The number of nitrogens with zero attached hydrogens (tertiary/aromatic N) is 1. The highest BCUT2D eigenvalue weighted by atomic mass is 16.2. The van der Waals surface area contributed by atoms with Crippen LogP contribution in [0.4, 0.5) is 5.69 Å². The summed E-state index contributed by atoms with van der Waals surface area (Å²) in [6.07, 6.45) is 6.57. The van der Waals surface area contributed by atoms with Crippen molar-refractivity contribution in [1.29, 1.82) is 0 Å². The number of piperidine rings is 1. The summed E-state index contributed by atoms with van der Waals surface area (Å²) in [5.41, 5.74) is 3.98. The lowest BCUT2D eigenvalue weighted by atomic mass is 9.89. The highest BCUT2D eigenvalue weighted by molar-refractivity contribution is 5.94. The Labute approximate surface area is 127 Å². The number of hydrogen-bond acceptors (Lipinski definition) is 2. The van der Waals surface area contributed by atoms with E-state index in [-0.39, 0.29) is 5.91 Å². The average molecular weight is 286 g/mol. The molecule has 3 nitrogen and oxygen atoms in total. The quantitative estimate of drug-likeness (QED) is 0.926. The molecular formula is C18H26N2O. The molecule has 1 amide bonds. The molecule has 0 atom stereocenters. The van der Waals surface area contributed by atoms with E-state index in [0.29, 0.717) is 6.42 Å². The van der Waals surface area contributed by atoms with E-state index >= 15 is 0 Å². The molecule has 21 heavy (non-hydrogen) atoms. The summed E-state index contributed by atoms with van der Waals surface area (Å²) in [4.78, 5) is 14.0. The molecule has 114 valence electrons. The molecule has 2 heterocycles. The second kappa shape index (κ2) is 6.61. The number of amides is 1. The number of carbonyl (C=O) groups is 1. The highest BCUT2D eigenvalue weighted by Gasteiger charge is 2.22. The predicted molar refractivity (Wildman–Crippen MR) is 86.7 cm³/mol. The number of hydrogen-bond donors (Lipinski definition) is 1. The van der Waals surface area contributed by atoms with Crippen molar-refractivity contribution < 1.29 is 4.79 Å². The van der Waals surface area contributed by atoms with Gasteiger partial charge >= 0.3 is 0 Å². The molecule has 0 unspecified atom stereocenters. The first-order chi connectivity index (χ1) is 10.3. The Morgan fingerprint density at radius 2 is 2.14 bits per heavy atom. The van der Waals surface area contributed by atoms with Crippen LogP contribution in [0.25, 0.3) is 0 Å². The SMILES string of the molecule is CCC(=O)N1CCCc2cc(CC3CCNCC3)ccc21. The van der Waals surface area contributed by atoms with Crippen molar-refractivity contribution in [3.63, 3.8) is 0 Å². The van der Waals surface area contributed by atoms with Crippen LogP contribution in [0, 0.1) is 5.92 Å². The zero-order valence-corrected chi connectivity index (χ0v) is 13.0. The Bertz CT molecular complexity index is 506. The smallest absolute Gasteiger partial charge is 0.226 e. The van der Waals surface area contributed by atoms with Gasteiger partial charge in [0.1, 0.15) is 0 Å².